The van der Waals surface area contributed by atoms with Crippen LogP contribution in [0.4, 0.5) is 5.82 Å². The topological polar surface area (TPSA) is 50.9 Å². The number of benzene rings is 1. The minimum absolute atomic E-state index is 0.569. The van der Waals surface area contributed by atoms with E-state index in [2.05, 4.69) is 31.4 Å². The summed E-state index contributed by atoms with van der Waals surface area (Å²) in [6.45, 7) is 1.20. The molecule has 3 aromatic rings. The highest BCUT2D eigenvalue weighted by atomic mass is 79.9. The zero-order valence-corrected chi connectivity index (χ0v) is 17.5. The molecule has 0 aliphatic heterocycles. The molecule has 0 unspecified atom stereocenters. The van der Waals surface area contributed by atoms with E-state index in [4.69, 9.17) is 23.8 Å². The Morgan fingerprint density at radius 3 is 2.77 bits per heavy atom. The van der Waals surface area contributed by atoms with Crippen molar-refractivity contribution in [3.8, 4) is 0 Å². The van der Waals surface area contributed by atoms with Crippen LogP contribution < -0.4 is 5.32 Å². The van der Waals surface area contributed by atoms with Crippen molar-refractivity contribution in [3.05, 3.63) is 63.5 Å². The lowest BCUT2D eigenvalue weighted by Crippen LogP contribution is -2.31. The van der Waals surface area contributed by atoms with E-state index >= 15 is 0 Å². The van der Waals surface area contributed by atoms with Gasteiger partial charge in [0, 0.05) is 31.5 Å². The van der Waals surface area contributed by atoms with Crippen molar-refractivity contribution in [3.63, 3.8) is 0 Å². The van der Waals surface area contributed by atoms with Gasteiger partial charge in [-0.3, -0.25) is 9.36 Å². The van der Waals surface area contributed by atoms with Gasteiger partial charge in [0.25, 0.3) is 0 Å². The molecular formula is C17H18BrClN6S. The fourth-order valence-electron chi connectivity index (χ4n) is 2.42. The number of aryl methyl sites for hydroxylation is 1. The maximum Gasteiger partial charge on any atom is 0.174 e. The van der Waals surface area contributed by atoms with Crippen molar-refractivity contribution in [2.45, 2.75) is 13.1 Å². The Labute approximate surface area is 170 Å². The van der Waals surface area contributed by atoms with Crippen LogP contribution in [0.25, 0.3) is 0 Å². The monoisotopic (exact) mass is 452 g/mol. The Morgan fingerprint density at radius 2 is 2.08 bits per heavy atom. The van der Waals surface area contributed by atoms with Crippen LogP contribution in [0.2, 0.25) is 5.02 Å². The van der Waals surface area contributed by atoms with Gasteiger partial charge in [-0.05, 0) is 45.8 Å². The second-order valence-electron chi connectivity index (χ2n) is 5.88. The van der Waals surface area contributed by atoms with Crippen molar-refractivity contribution in [2.75, 3.05) is 12.4 Å². The number of hydrogen-bond acceptors (Lipinski definition) is 3. The van der Waals surface area contributed by atoms with E-state index in [0.717, 1.165) is 20.8 Å². The number of rotatable bonds is 5. The highest BCUT2D eigenvalue weighted by Crippen LogP contribution is 2.23. The number of nitrogens with one attached hydrogen (secondary N) is 1. The lowest BCUT2D eigenvalue weighted by molar-refractivity contribution is 0.495. The molecule has 0 saturated carbocycles. The van der Waals surface area contributed by atoms with Gasteiger partial charge in [0.05, 0.1) is 23.3 Å². The molecular weight excluding hydrogens is 436 g/mol. The Balaban J connectivity index is 1.65. The molecule has 136 valence electrons. The summed E-state index contributed by atoms with van der Waals surface area (Å²) in [5.74, 6) is 0.662. The van der Waals surface area contributed by atoms with Crippen LogP contribution in [-0.4, -0.2) is 36.6 Å². The maximum absolute atomic E-state index is 6.22. The summed E-state index contributed by atoms with van der Waals surface area (Å²) in [6, 6.07) is 9.69. The van der Waals surface area contributed by atoms with Crippen LogP contribution in [0.3, 0.4) is 0 Å². The summed E-state index contributed by atoms with van der Waals surface area (Å²) in [5.41, 5.74) is 1.95. The predicted molar refractivity (Wildman–Crippen MR) is 111 cm³/mol. The normalized spacial score (nSPS) is 10.8. The number of aromatic nitrogens is 4. The molecule has 0 radical (unpaired) electrons. The summed E-state index contributed by atoms with van der Waals surface area (Å²) in [4.78, 5) is 1.91. The molecule has 26 heavy (non-hydrogen) atoms. The Kier molecular flexibility index (Phi) is 5.95. The molecule has 0 saturated heterocycles. The lowest BCUT2D eigenvalue weighted by Gasteiger charge is -2.19. The van der Waals surface area contributed by atoms with Crippen LogP contribution in [0.1, 0.15) is 11.3 Å². The molecule has 1 N–H and O–H groups in total. The van der Waals surface area contributed by atoms with E-state index < -0.39 is 0 Å². The zero-order valence-electron chi connectivity index (χ0n) is 14.4. The van der Waals surface area contributed by atoms with Gasteiger partial charge in [0.2, 0.25) is 0 Å². The first-order valence-electron chi connectivity index (χ1n) is 7.89. The van der Waals surface area contributed by atoms with Gasteiger partial charge in [-0.15, -0.1) is 0 Å². The molecule has 3 rings (SSSR count). The highest BCUT2D eigenvalue weighted by molar-refractivity contribution is 9.10. The standard InChI is InChI=1S/C17H18BrClN6S/c1-23(10-13-7-8-24(2)21-13)17(26)20-16-14(18)11-25(22-16)9-12-5-3-4-6-15(12)19/h3-8,11H,9-10H2,1-2H3,(H,20,22,26). The third-order valence-electron chi connectivity index (χ3n) is 3.75. The third kappa shape index (κ3) is 4.63. The summed E-state index contributed by atoms with van der Waals surface area (Å²) in [5, 5.41) is 13.4. The molecule has 6 nitrogen and oxygen atoms in total. The second kappa shape index (κ2) is 8.20. The van der Waals surface area contributed by atoms with Crippen molar-refractivity contribution in [1.29, 1.82) is 0 Å². The number of anilines is 1. The van der Waals surface area contributed by atoms with Crippen molar-refractivity contribution in [1.82, 2.24) is 24.5 Å². The molecule has 0 atom stereocenters. The van der Waals surface area contributed by atoms with Crippen molar-refractivity contribution in [2.24, 2.45) is 7.05 Å². The SMILES string of the molecule is CN(Cc1ccn(C)n1)C(=S)Nc1nn(Cc2ccccc2Cl)cc1Br. The minimum atomic E-state index is 0.569. The fraction of sp³-hybridized carbons (Fsp3) is 0.235. The summed E-state index contributed by atoms with van der Waals surface area (Å²) in [6.07, 6.45) is 3.81. The molecule has 1 aromatic carbocycles. The molecule has 0 aliphatic rings. The van der Waals surface area contributed by atoms with E-state index in [9.17, 15) is 0 Å². The van der Waals surface area contributed by atoms with Crippen LogP contribution in [-0.2, 0) is 20.1 Å². The molecule has 0 fully saturated rings. The first-order chi connectivity index (χ1) is 12.4. The van der Waals surface area contributed by atoms with Gasteiger partial charge in [-0.1, -0.05) is 29.8 Å². The van der Waals surface area contributed by atoms with Gasteiger partial charge in [-0.25, -0.2) is 0 Å². The quantitative estimate of drug-likeness (QED) is 0.594. The van der Waals surface area contributed by atoms with Gasteiger partial charge in [-0.2, -0.15) is 10.2 Å². The zero-order chi connectivity index (χ0) is 18.7. The van der Waals surface area contributed by atoms with E-state index in [1.54, 1.807) is 4.68 Å². The molecule has 0 bridgehead atoms. The van der Waals surface area contributed by atoms with Gasteiger partial charge in [0.15, 0.2) is 10.9 Å². The molecule has 0 spiro atoms. The summed E-state index contributed by atoms with van der Waals surface area (Å²) < 4.78 is 4.42. The van der Waals surface area contributed by atoms with Crippen molar-refractivity contribution < 1.29 is 0 Å². The molecule has 2 heterocycles. The summed E-state index contributed by atoms with van der Waals surface area (Å²) >= 11 is 15.2. The van der Waals surface area contributed by atoms with Crippen LogP contribution in [0, 0.1) is 0 Å². The van der Waals surface area contributed by atoms with Crippen LogP contribution in [0.5, 0.6) is 0 Å². The third-order valence-corrected chi connectivity index (χ3v) is 5.11. The molecule has 9 heteroatoms. The highest BCUT2D eigenvalue weighted by Gasteiger charge is 2.13. The summed E-state index contributed by atoms with van der Waals surface area (Å²) in [7, 11) is 3.81. The largest absolute Gasteiger partial charge is 0.346 e. The van der Waals surface area contributed by atoms with Gasteiger partial charge < -0.3 is 10.2 Å². The first-order valence-corrected chi connectivity index (χ1v) is 9.47. The first kappa shape index (κ1) is 18.9. The number of nitrogens with zero attached hydrogens (tertiary/aromatic N) is 5. The molecule has 2 aromatic heterocycles. The van der Waals surface area contributed by atoms with Crippen molar-refractivity contribution >= 4 is 50.7 Å². The Bertz CT molecular complexity index is 922. The number of halogens is 2. The van der Waals surface area contributed by atoms with E-state index in [1.807, 2.05) is 66.4 Å². The smallest absolute Gasteiger partial charge is 0.174 e. The van der Waals surface area contributed by atoms with E-state index in [0.29, 0.717) is 24.0 Å². The maximum atomic E-state index is 6.22. The second-order valence-corrected chi connectivity index (χ2v) is 7.53. The lowest BCUT2D eigenvalue weighted by atomic mass is 10.2. The van der Waals surface area contributed by atoms with Gasteiger partial charge in [0.1, 0.15) is 0 Å². The molecule has 0 amide bonds. The van der Waals surface area contributed by atoms with Gasteiger partial charge >= 0.3 is 0 Å². The fourth-order valence-corrected chi connectivity index (χ4v) is 3.19. The Morgan fingerprint density at radius 1 is 1.31 bits per heavy atom. The van der Waals surface area contributed by atoms with Crippen LogP contribution in [0.15, 0.2) is 47.2 Å². The number of hydrogen-bond donors (Lipinski definition) is 1. The average Bonchev–Trinajstić information content (AvgIpc) is 3.15. The van der Waals surface area contributed by atoms with Crippen LogP contribution >= 0.6 is 39.7 Å². The average molecular weight is 454 g/mol. The van der Waals surface area contributed by atoms with E-state index in [1.165, 1.54) is 0 Å². The Hall–Kier alpha value is -1.90. The predicted octanol–water partition coefficient (Wildman–Crippen LogP) is 3.91. The minimum Gasteiger partial charge on any atom is -0.346 e. The number of thiocarbonyl (C=S) groups is 1. The van der Waals surface area contributed by atoms with E-state index in [-0.39, 0.29) is 0 Å². The molecule has 0 aliphatic carbocycles.